The number of hydrogen-bond acceptors (Lipinski definition) is 4. The molecule has 0 bridgehead atoms. The Kier molecular flexibility index (Phi) is 3.69. The van der Waals surface area contributed by atoms with E-state index in [1.807, 2.05) is 0 Å². The number of nitrogens with zero attached hydrogens (tertiary/aromatic N) is 3. The minimum atomic E-state index is -4.26. The largest absolute Gasteiger partial charge is 0.396 e. The van der Waals surface area contributed by atoms with E-state index in [2.05, 4.69) is 15.3 Å². The molecule has 0 spiro atoms. The van der Waals surface area contributed by atoms with Crippen molar-refractivity contribution in [2.75, 3.05) is 18.4 Å². The first-order chi connectivity index (χ1) is 11.8. The number of halogens is 4. The lowest BCUT2D eigenvalue weighted by Gasteiger charge is -2.22. The van der Waals surface area contributed by atoms with Gasteiger partial charge in [0.1, 0.15) is 0 Å². The van der Waals surface area contributed by atoms with E-state index in [4.69, 9.17) is 11.6 Å². The van der Waals surface area contributed by atoms with Crippen molar-refractivity contribution in [1.29, 1.82) is 0 Å². The molecule has 1 saturated carbocycles. The highest BCUT2D eigenvalue weighted by Crippen LogP contribution is 2.66. The van der Waals surface area contributed by atoms with E-state index in [1.165, 1.54) is 28.6 Å². The molecule has 2 aromatic heterocycles. The van der Waals surface area contributed by atoms with Crippen LogP contribution in [0.15, 0.2) is 24.5 Å². The van der Waals surface area contributed by atoms with Crippen LogP contribution >= 0.6 is 22.9 Å². The summed E-state index contributed by atoms with van der Waals surface area (Å²) in [5, 5.41) is 2.55. The predicted molar refractivity (Wildman–Crippen MR) is 87.5 cm³/mol. The van der Waals surface area contributed by atoms with Gasteiger partial charge in [-0.3, -0.25) is 0 Å². The van der Waals surface area contributed by atoms with E-state index in [9.17, 15) is 18.0 Å². The number of anilines is 1. The van der Waals surface area contributed by atoms with Gasteiger partial charge >= 0.3 is 12.2 Å². The topological polar surface area (TPSA) is 58.1 Å². The molecule has 5 nitrogen and oxygen atoms in total. The first-order valence-corrected chi connectivity index (χ1v) is 8.68. The van der Waals surface area contributed by atoms with E-state index in [-0.39, 0.29) is 19.5 Å². The zero-order chi connectivity index (χ0) is 17.8. The van der Waals surface area contributed by atoms with Crippen molar-refractivity contribution in [3.63, 3.8) is 0 Å². The van der Waals surface area contributed by atoms with E-state index >= 15 is 0 Å². The van der Waals surface area contributed by atoms with E-state index < -0.39 is 23.5 Å². The lowest BCUT2D eigenvalue weighted by atomic mass is 10.1. The van der Waals surface area contributed by atoms with Crippen LogP contribution in [0.1, 0.15) is 6.42 Å². The summed E-state index contributed by atoms with van der Waals surface area (Å²) in [6, 6.07) is 2.95. The highest BCUT2D eigenvalue weighted by Gasteiger charge is 2.74. The Bertz CT molecular complexity index is 825. The van der Waals surface area contributed by atoms with Gasteiger partial charge in [-0.1, -0.05) is 11.6 Å². The van der Waals surface area contributed by atoms with Gasteiger partial charge in [0.2, 0.25) is 0 Å². The maximum atomic E-state index is 13.1. The van der Waals surface area contributed by atoms with Crippen LogP contribution in [-0.4, -0.2) is 40.2 Å². The number of carbonyl (C=O) groups is 1. The van der Waals surface area contributed by atoms with Crippen molar-refractivity contribution in [3.05, 3.63) is 28.9 Å². The summed E-state index contributed by atoms with van der Waals surface area (Å²) in [4.78, 5) is 22.5. The summed E-state index contributed by atoms with van der Waals surface area (Å²) in [7, 11) is 0. The van der Waals surface area contributed by atoms with Crippen LogP contribution in [0.4, 0.5) is 23.7 Å². The van der Waals surface area contributed by atoms with E-state index in [0.29, 0.717) is 15.8 Å². The number of likely N-dealkylation sites (tertiary alicyclic amines) is 1. The van der Waals surface area contributed by atoms with Gasteiger partial charge in [-0.25, -0.2) is 14.8 Å². The van der Waals surface area contributed by atoms with Gasteiger partial charge in [-0.2, -0.15) is 13.2 Å². The minimum absolute atomic E-state index is 0.113. The van der Waals surface area contributed by atoms with E-state index in [0.717, 1.165) is 4.88 Å². The molecule has 4 rings (SSSR count). The summed E-state index contributed by atoms with van der Waals surface area (Å²) in [5.41, 5.74) is -1.37. The third-order valence-corrected chi connectivity index (χ3v) is 5.92. The molecule has 1 saturated heterocycles. The van der Waals surface area contributed by atoms with Crippen LogP contribution in [0.2, 0.25) is 4.34 Å². The van der Waals surface area contributed by atoms with Crippen molar-refractivity contribution in [2.45, 2.75) is 12.6 Å². The first-order valence-electron chi connectivity index (χ1n) is 7.49. The van der Waals surface area contributed by atoms with Crippen molar-refractivity contribution in [3.8, 4) is 10.7 Å². The minimum Gasteiger partial charge on any atom is -0.323 e. The smallest absolute Gasteiger partial charge is 0.323 e. The quantitative estimate of drug-likeness (QED) is 0.835. The number of urea groups is 1. The Morgan fingerprint density at radius 3 is 2.64 bits per heavy atom. The highest BCUT2D eigenvalue weighted by atomic mass is 35.5. The van der Waals surface area contributed by atoms with Crippen LogP contribution in [0, 0.1) is 11.3 Å². The summed E-state index contributed by atoms with van der Waals surface area (Å²) in [6.45, 7) is -0.169. The van der Waals surface area contributed by atoms with Crippen LogP contribution in [-0.2, 0) is 0 Å². The van der Waals surface area contributed by atoms with Crippen LogP contribution in [0.3, 0.4) is 0 Å². The summed E-state index contributed by atoms with van der Waals surface area (Å²) >= 11 is 7.19. The molecule has 1 aliphatic heterocycles. The zero-order valence-electron chi connectivity index (χ0n) is 12.7. The Hall–Kier alpha value is -1.87. The maximum Gasteiger partial charge on any atom is 0.396 e. The third kappa shape index (κ3) is 2.85. The molecule has 0 aromatic carbocycles. The molecular weight excluding hydrogens is 377 g/mol. The molecular formula is C15H12ClF3N4OS. The number of hydrogen-bond donors (Lipinski definition) is 1. The summed E-state index contributed by atoms with van der Waals surface area (Å²) in [5.74, 6) is -0.0196. The van der Waals surface area contributed by atoms with E-state index in [1.54, 1.807) is 12.1 Å². The fourth-order valence-electron chi connectivity index (χ4n) is 3.23. The standard InChI is InChI=1S/C15H12ClF3N4OS/c16-11-2-1-10(25-11)12-20-4-9(5-21-12)22-13(24)23-6-8-3-14(8,7-23)15(17,18)19/h1-2,4-5,8H,3,6-7H2,(H,22,24). The molecule has 25 heavy (non-hydrogen) atoms. The van der Waals surface area contributed by atoms with Gasteiger partial charge in [0.05, 0.1) is 32.7 Å². The van der Waals surface area contributed by atoms with Gasteiger partial charge < -0.3 is 10.2 Å². The molecule has 2 amide bonds. The molecule has 2 atom stereocenters. The fourth-order valence-corrected chi connectivity index (χ4v) is 4.22. The van der Waals surface area contributed by atoms with Gasteiger partial charge in [-0.15, -0.1) is 11.3 Å². The maximum absolute atomic E-state index is 13.1. The highest BCUT2D eigenvalue weighted by molar-refractivity contribution is 7.19. The molecule has 2 unspecified atom stereocenters. The number of rotatable bonds is 2. The molecule has 1 aliphatic carbocycles. The Morgan fingerprint density at radius 1 is 1.36 bits per heavy atom. The Balaban J connectivity index is 1.41. The van der Waals surface area contributed by atoms with Crippen molar-refractivity contribution in [2.24, 2.45) is 11.3 Å². The molecule has 132 valence electrons. The number of amides is 2. The summed E-state index contributed by atoms with van der Waals surface area (Å²) in [6.07, 6.45) is -1.31. The Labute approximate surface area is 149 Å². The normalized spacial score (nSPS) is 25.0. The Morgan fingerprint density at radius 2 is 2.08 bits per heavy atom. The molecule has 10 heteroatoms. The molecule has 2 aliphatic rings. The molecule has 2 aromatic rings. The van der Waals surface area contributed by atoms with Crippen LogP contribution < -0.4 is 5.32 Å². The zero-order valence-corrected chi connectivity index (χ0v) is 14.3. The SMILES string of the molecule is O=C(Nc1cnc(-c2ccc(Cl)s2)nc1)N1CC2CC2(C(F)(F)F)C1. The predicted octanol–water partition coefficient (Wildman–Crippen LogP) is 4.27. The van der Waals surface area contributed by atoms with Crippen molar-refractivity contribution >= 4 is 34.7 Å². The van der Waals surface area contributed by atoms with Crippen LogP contribution in [0.25, 0.3) is 10.7 Å². The second-order valence-corrected chi connectivity index (χ2v) is 7.98. The van der Waals surface area contributed by atoms with Crippen LogP contribution in [0.5, 0.6) is 0 Å². The number of nitrogens with one attached hydrogen (secondary N) is 1. The van der Waals surface area contributed by atoms with Gasteiger partial charge in [0.25, 0.3) is 0 Å². The van der Waals surface area contributed by atoms with Crippen molar-refractivity contribution in [1.82, 2.24) is 14.9 Å². The van der Waals surface area contributed by atoms with Gasteiger partial charge in [-0.05, 0) is 24.5 Å². The molecule has 2 fully saturated rings. The molecule has 0 radical (unpaired) electrons. The lowest BCUT2D eigenvalue weighted by molar-refractivity contribution is -0.187. The monoisotopic (exact) mass is 388 g/mol. The molecule has 1 N–H and O–H groups in total. The number of piperidine rings is 1. The number of fused-ring (bicyclic) bond motifs is 1. The number of thiophene rings is 1. The van der Waals surface area contributed by atoms with Crippen molar-refractivity contribution < 1.29 is 18.0 Å². The first kappa shape index (κ1) is 16.6. The number of aromatic nitrogens is 2. The summed E-state index contributed by atoms with van der Waals surface area (Å²) < 4.78 is 39.8. The third-order valence-electron chi connectivity index (χ3n) is 4.69. The second kappa shape index (κ2) is 5.57. The average molecular weight is 389 g/mol. The second-order valence-electron chi connectivity index (χ2n) is 6.26. The fraction of sp³-hybridized carbons (Fsp3) is 0.400. The lowest BCUT2D eigenvalue weighted by Crippen LogP contribution is -2.38. The number of carbonyl (C=O) groups excluding carboxylic acids is 1. The molecule has 3 heterocycles. The number of alkyl halides is 3. The van der Waals surface area contributed by atoms with Gasteiger partial charge in [0.15, 0.2) is 5.82 Å². The van der Waals surface area contributed by atoms with Gasteiger partial charge in [0, 0.05) is 13.1 Å². The average Bonchev–Trinajstić information content (AvgIpc) is 2.91.